The van der Waals surface area contributed by atoms with Crippen LogP contribution in [-0.4, -0.2) is 5.16 Å². The Morgan fingerprint density at radius 2 is 1.95 bits per heavy atom. The standard InChI is InChI=1S/C16H12ClFN2O/c1-9-3-2-4-10(7-9)14-15(20-21-16(14)19)11-5-6-13(18)12(17)8-11/h2-8H,19H2,1H3. The number of rotatable bonds is 2. The fourth-order valence-corrected chi connectivity index (χ4v) is 2.40. The minimum atomic E-state index is -0.478. The number of anilines is 1. The molecule has 0 bridgehead atoms. The molecule has 0 saturated carbocycles. The molecule has 1 aromatic heterocycles. The molecule has 0 atom stereocenters. The molecule has 3 nitrogen and oxygen atoms in total. The van der Waals surface area contributed by atoms with Gasteiger partial charge in [0.2, 0.25) is 5.88 Å². The van der Waals surface area contributed by atoms with Gasteiger partial charge in [0.25, 0.3) is 0 Å². The smallest absolute Gasteiger partial charge is 0.230 e. The van der Waals surface area contributed by atoms with Crippen LogP contribution in [0.4, 0.5) is 10.3 Å². The van der Waals surface area contributed by atoms with Crippen molar-refractivity contribution in [2.45, 2.75) is 6.92 Å². The quantitative estimate of drug-likeness (QED) is 0.747. The van der Waals surface area contributed by atoms with Crippen LogP contribution in [0.3, 0.4) is 0 Å². The molecule has 21 heavy (non-hydrogen) atoms. The van der Waals surface area contributed by atoms with E-state index in [0.29, 0.717) is 16.8 Å². The SMILES string of the molecule is Cc1cccc(-c2c(-c3ccc(F)c(Cl)c3)noc2N)c1. The van der Waals surface area contributed by atoms with E-state index in [9.17, 15) is 4.39 Å². The summed E-state index contributed by atoms with van der Waals surface area (Å²) in [5.74, 6) is -0.259. The molecule has 3 aromatic rings. The third-order valence-corrected chi connectivity index (χ3v) is 3.51. The van der Waals surface area contributed by atoms with Crippen LogP contribution in [0.1, 0.15) is 5.56 Å². The monoisotopic (exact) mass is 302 g/mol. The van der Waals surface area contributed by atoms with Crippen molar-refractivity contribution in [2.24, 2.45) is 0 Å². The van der Waals surface area contributed by atoms with Gasteiger partial charge in [-0.2, -0.15) is 0 Å². The van der Waals surface area contributed by atoms with E-state index in [-0.39, 0.29) is 10.9 Å². The lowest BCUT2D eigenvalue weighted by Crippen LogP contribution is -1.89. The molecule has 0 spiro atoms. The Kier molecular flexibility index (Phi) is 3.39. The van der Waals surface area contributed by atoms with Gasteiger partial charge in [0.05, 0.1) is 10.6 Å². The predicted octanol–water partition coefficient (Wildman–Crippen LogP) is 4.69. The van der Waals surface area contributed by atoms with Gasteiger partial charge in [-0.05, 0) is 30.7 Å². The highest BCUT2D eigenvalue weighted by Gasteiger charge is 2.18. The average Bonchev–Trinajstić information content (AvgIpc) is 2.84. The summed E-state index contributed by atoms with van der Waals surface area (Å²) in [6, 6.07) is 12.2. The van der Waals surface area contributed by atoms with E-state index in [1.54, 1.807) is 6.07 Å². The molecule has 2 N–H and O–H groups in total. The molecule has 0 radical (unpaired) electrons. The highest BCUT2D eigenvalue weighted by Crippen LogP contribution is 2.37. The first-order valence-electron chi connectivity index (χ1n) is 6.34. The van der Waals surface area contributed by atoms with Gasteiger partial charge < -0.3 is 10.3 Å². The summed E-state index contributed by atoms with van der Waals surface area (Å²) in [4.78, 5) is 0. The third kappa shape index (κ3) is 2.50. The molecule has 1 heterocycles. The van der Waals surface area contributed by atoms with Gasteiger partial charge in [0.15, 0.2) is 0 Å². The molecular formula is C16H12ClFN2O. The first-order chi connectivity index (χ1) is 10.1. The van der Waals surface area contributed by atoms with Crippen molar-refractivity contribution in [3.63, 3.8) is 0 Å². The van der Waals surface area contributed by atoms with Crippen molar-refractivity contribution in [1.82, 2.24) is 5.16 Å². The zero-order valence-corrected chi connectivity index (χ0v) is 12.0. The Hall–Kier alpha value is -2.33. The Morgan fingerprint density at radius 3 is 2.67 bits per heavy atom. The van der Waals surface area contributed by atoms with Gasteiger partial charge >= 0.3 is 0 Å². The first-order valence-corrected chi connectivity index (χ1v) is 6.71. The van der Waals surface area contributed by atoms with Crippen molar-refractivity contribution in [3.05, 3.63) is 58.9 Å². The van der Waals surface area contributed by atoms with E-state index in [4.69, 9.17) is 21.9 Å². The number of benzene rings is 2. The van der Waals surface area contributed by atoms with Gasteiger partial charge in [-0.1, -0.05) is 46.6 Å². The summed E-state index contributed by atoms with van der Waals surface area (Å²) in [6.45, 7) is 1.99. The molecule has 0 unspecified atom stereocenters. The highest BCUT2D eigenvalue weighted by molar-refractivity contribution is 6.31. The number of nitrogen functional groups attached to an aromatic ring is 1. The maximum atomic E-state index is 13.3. The van der Waals surface area contributed by atoms with E-state index in [1.807, 2.05) is 31.2 Å². The largest absolute Gasteiger partial charge is 0.367 e. The fraction of sp³-hybridized carbons (Fsp3) is 0.0625. The second kappa shape index (κ2) is 5.22. The van der Waals surface area contributed by atoms with Gasteiger partial charge in [0.1, 0.15) is 11.5 Å². The van der Waals surface area contributed by atoms with Gasteiger partial charge in [-0.15, -0.1) is 0 Å². The molecule has 106 valence electrons. The maximum Gasteiger partial charge on any atom is 0.230 e. The average molecular weight is 303 g/mol. The van der Waals surface area contributed by atoms with Crippen LogP contribution in [0.25, 0.3) is 22.4 Å². The van der Waals surface area contributed by atoms with E-state index >= 15 is 0 Å². The van der Waals surface area contributed by atoms with Crippen molar-refractivity contribution in [2.75, 3.05) is 5.73 Å². The lowest BCUT2D eigenvalue weighted by atomic mass is 9.99. The summed E-state index contributed by atoms with van der Waals surface area (Å²) < 4.78 is 18.4. The number of hydrogen-bond acceptors (Lipinski definition) is 3. The fourth-order valence-electron chi connectivity index (χ4n) is 2.22. The molecule has 2 aromatic carbocycles. The summed E-state index contributed by atoms with van der Waals surface area (Å²) in [7, 11) is 0. The van der Waals surface area contributed by atoms with Crippen LogP contribution in [0.15, 0.2) is 47.0 Å². The van der Waals surface area contributed by atoms with E-state index < -0.39 is 5.82 Å². The van der Waals surface area contributed by atoms with Crippen LogP contribution in [0, 0.1) is 12.7 Å². The molecule has 0 amide bonds. The Bertz CT molecular complexity index is 814. The lowest BCUT2D eigenvalue weighted by molar-refractivity contribution is 0.439. The molecule has 0 aliphatic carbocycles. The Morgan fingerprint density at radius 1 is 1.14 bits per heavy atom. The number of nitrogens with zero attached hydrogens (tertiary/aromatic N) is 1. The molecule has 3 rings (SSSR count). The number of nitrogens with two attached hydrogens (primary N) is 1. The van der Waals surface area contributed by atoms with Crippen LogP contribution in [0.2, 0.25) is 5.02 Å². The number of aromatic nitrogens is 1. The summed E-state index contributed by atoms with van der Waals surface area (Å²) in [5, 5.41) is 4.01. The molecule has 0 aliphatic rings. The number of halogens is 2. The topological polar surface area (TPSA) is 52.0 Å². The van der Waals surface area contributed by atoms with Crippen LogP contribution < -0.4 is 5.73 Å². The van der Waals surface area contributed by atoms with Gasteiger partial charge in [0, 0.05) is 5.56 Å². The molecule has 0 saturated heterocycles. The zero-order chi connectivity index (χ0) is 15.0. The third-order valence-electron chi connectivity index (χ3n) is 3.22. The summed E-state index contributed by atoms with van der Waals surface area (Å²) in [6.07, 6.45) is 0. The van der Waals surface area contributed by atoms with E-state index in [2.05, 4.69) is 5.16 Å². The van der Waals surface area contributed by atoms with E-state index in [0.717, 1.165) is 11.1 Å². The minimum absolute atomic E-state index is 0.0317. The van der Waals surface area contributed by atoms with Gasteiger partial charge in [-0.3, -0.25) is 0 Å². The van der Waals surface area contributed by atoms with Gasteiger partial charge in [-0.25, -0.2) is 4.39 Å². The normalized spacial score (nSPS) is 10.8. The van der Waals surface area contributed by atoms with Crippen LogP contribution in [0.5, 0.6) is 0 Å². The molecule has 0 fully saturated rings. The van der Waals surface area contributed by atoms with Crippen LogP contribution in [-0.2, 0) is 0 Å². The summed E-state index contributed by atoms with van der Waals surface area (Å²) in [5.41, 5.74) is 9.75. The zero-order valence-electron chi connectivity index (χ0n) is 11.2. The minimum Gasteiger partial charge on any atom is -0.367 e. The molecular weight excluding hydrogens is 291 g/mol. The van der Waals surface area contributed by atoms with Crippen molar-refractivity contribution in [1.29, 1.82) is 0 Å². The molecule has 5 heteroatoms. The van der Waals surface area contributed by atoms with Crippen molar-refractivity contribution >= 4 is 17.5 Å². The van der Waals surface area contributed by atoms with Crippen molar-refractivity contribution in [3.8, 4) is 22.4 Å². The number of hydrogen-bond donors (Lipinski definition) is 1. The van der Waals surface area contributed by atoms with Crippen LogP contribution >= 0.6 is 11.6 Å². The Balaban J connectivity index is 2.19. The lowest BCUT2D eigenvalue weighted by Gasteiger charge is -2.05. The molecule has 0 aliphatic heterocycles. The second-order valence-corrected chi connectivity index (χ2v) is 5.18. The highest BCUT2D eigenvalue weighted by atomic mass is 35.5. The predicted molar refractivity (Wildman–Crippen MR) is 81.5 cm³/mol. The maximum absolute atomic E-state index is 13.3. The first kappa shape index (κ1) is 13.6. The second-order valence-electron chi connectivity index (χ2n) is 4.77. The summed E-state index contributed by atoms with van der Waals surface area (Å²) >= 11 is 5.83. The van der Waals surface area contributed by atoms with E-state index in [1.165, 1.54) is 12.1 Å². The Labute approximate surface area is 126 Å². The van der Waals surface area contributed by atoms with Crippen molar-refractivity contribution < 1.29 is 8.91 Å². The number of aryl methyl sites for hydroxylation is 1.